The highest BCUT2D eigenvalue weighted by Gasteiger charge is 2.36. The van der Waals surface area contributed by atoms with E-state index < -0.39 is 11.1 Å². The molecule has 0 heterocycles. The summed E-state index contributed by atoms with van der Waals surface area (Å²) in [6, 6.07) is 0. The molecule has 3 N–H and O–H groups in total. The van der Waals surface area contributed by atoms with Gasteiger partial charge in [-0.2, -0.15) is 0 Å². The predicted octanol–water partition coefficient (Wildman–Crippen LogP) is 1.70. The number of nitrogens with two attached hydrogens (primary N) is 1. The fourth-order valence-corrected chi connectivity index (χ4v) is 1.16. The highest BCUT2D eigenvalue weighted by Crippen LogP contribution is 2.25. The topological polar surface area (TPSA) is 46.2 Å². The Hall–Kier alpha value is 0.210. The second-order valence-electron chi connectivity index (χ2n) is 3.46. The lowest BCUT2D eigenvalue weighted by molar-refractivity contribution is -0.0281. The molecule has 0 aliphatic carbocycles. The number of halogens is 1. The van der Waals surface area contributed by atoms with E-state index in [1.165, 1.54) is 0 Å². The fourth-order valence-electron chi connectivity index (χ4n) is 1.16. The fraction of sp³-hybridized carbons (Fsp3) is 1.00. The van der Waals surface area contributed by atoms with E-state index in [9.17, 15) is 5.11 Å². The minimum Gasteiger partial charge on any atom is -0.388 e. The maximum absolute atomic E-state index is 9.84. The largest absolute Gasteiger partial charge is 0.388 e. The summed E-state index contributed by atoms with van der Waals surface area (Å²) in [5.74, 6) is 0. The van der Waals surface area contributed by atoms with Gasteiger partial charge < -0.3 is 10.8 Å². The molecule has 0 aromatic carbocycles. The SMILES string of the molecule is CCC(O)(CC)C(C)(C)N.Cl. The molecule has 70 valence electrons. The van der Waals surface area contributed by atoms with Gasteiger partial charge in [0, 0.05) is 5.54 Å². The molecule has 3 heteroatoms. The van der Waals surface area contributed by atoms with Crippen molar-refractivity contribution < 1.29 is 5.11 Å². The van der Waals surface area contributed by atoms with E-state index in [0.717, 1.165) is 0 Å². The molecule has 0 atom stereocenters. The molecule has 0 amide bonds. The van der Waals surface area contributed by atoms with Crippen molar-refractivity contribution in [2.24, 2.45) is 5.73 Å². The van der Waals surface area contributed by atoms with E-state index in [4.69, 9.17) is 5.73 Å². The first-order chi connectivity index (χ1) is 4.37. The van der Waals surface area contributed by atoms with E-state index in [1.54, 1.807) is 0 Å². The van der Waals surface area contributed by atoms with Gasteiger partial charge in [-0.15, -0.1) is 12.4 Å². The summed E-state index contributed by atoms with van der Waals surface area (Å²) in [7, 11) is 0. The molecule has 0 saturated carbocycles. The number of hydrogen-bond acceptors (Lipinski definition) is 2. The monoisotopic (exact) mass is 181 g/mol. The summed E-state index contributed by atoms with van der Waals surface area (Å²) in [6.07, 6.45) is 1.43. The molecule has 0 bridgehead atoms. The number of aliphatic hydroxyl groups is 1. The molecular weight excluding hydrogens is 162 g/mol. The molecule has 0 unspecified atom stereocenters. The second-order valence-corrected chi connectivity index (χ2v) is 3.46. The first-order valence-electron chi connectivity index (χ1n) is 3.88. The van der Waals surface area contributed by atoms with Crippen LogP contribution in [0, 0.1) is 0 Å². The lowest BCUT2D eigenvalue weighted by atomic mass is 9.79. The Morgan fingerprint density at radius 2 is 1.45 bits per heavy atom. The van der Waals surface area contributed by atoms with E-state index >= 15 is 0 Å². The van der Waals surface area contributed by atoms with Gasteiger partial charge in [0.25, 0.3) is 0 Å². The number of hydrogen-bond donors (Lipinski definition) is 2. The molecule has 0 aromatic heterocycles. The molecule has 0 aliphatic heterocycles. The van der Waals surface area contributed by atoms with E-state index in [-0.39, 0.29) is 12.4 Å². The highest BCUT2D eigenvalue weighted by molar-refractivity contribution is 5.85. The van der Waals surface area contributed by atoms with Crippen LogP contribution in [-0.2, 0) is 0 Å². The van der Waals surface area contributed by atoms with Crippen LogP contribution in [0.2, 0.25) is 0 Å². The Bertz CT molecular complexity index is 105. The molecule has 2 nitrogen and oxygen atoms in total. The zero-order valence-corrected chi connectivity index (χ0v) is 8.66. The summed E-state index contributed by atoms with van der Waals surface area (Å²) in [5, 5.41) is 9.84. The molecule has 11 heavy (non-hydrogen) atoms. The van der Waals surface area contributed by atoms with Crippen LogP contribution < -0.4 is 5.73 Å². The zero-order valence-electron chi connectivity index (χ0n) is 7.85. The van der Waals surface area contributed by atoms with Crippen molar-refractivity contribution in [1.29, 1.82) is 0 Å². The normalized spacial score (nSPS) is 12.5. The average Bonchev–Trinajstić information content (AvgIpc) is 1.84. The standard InChI is InChI=1S/C8H19NO.ClH/c1-5-8(10,6-2)7(3,4)9;/h10H,5-6,9H2,1-4H3;1H. The molecule has 0 radical (unpaired) electrons. The van der Waals surface area contributed by atoms with Crippen LogP contribution in [0.4, 0.5) is 0 Å². The van der Waals surface area contributed by atoms with Crippen molar-refractivity contribution in [3.05, 3.63) is 0 Å². The van der Waals surface area contributed by atoms with Crippen molar-refractivity contribution in [2.75, 3.05) is 0 Å². The van der Waals surface area contributed by atoms with Gasteiger partial charge in [0.15, 0.2) is 0 Å². The maximum atomic E-state index is 9.84. The minimum absolute atomic E-state index is 0. The number of rotatable bonds is 3. The molecule has 0 aliphatic rings. The highest BCUT2D eigenvalue weighted by atomic mass is 35.5. The van der Waals surface area contributed by atoms with Gasteiger partial charge in [-0.05, 0) is 26.7 Å². The summed E-state index contributed by atoms with van der Waals surface area (Å²) < 4.78 is 0. The molecule has 0 fully saturated rings. The minimum atomic E-state index is -0.701. The lowest BCUT2D eigenvalue weighted by Gasteiger charge is -2.38. The summed E-state index contributed by atoms with van der Waals surface area (Å²) in [4.78, 5) is 0. The third-order valence-corrected chi connectivity index (χ3v) is 2.37. The van der Waals surface area contributed by atoms with Gasteiger partial charge in [0.2, 0.25) is 0 Å². The van der Waals surface area contributed by atoms with Gasteiger partial charge in [-0.3, -0.25) is 0 Å². The molecule has 0 saturated heterocycles. The molecule has 0 spiro atoms. The smallest absolute Gasteiger partial charge is 0.0815 e. The lowest BCUT2D eigenvalue weighted by Crippen LogP contribution is -2.55. The molecule has 0 rings (SSSR count). The second kappa shape index (κ2) is 4.29. The van der Waals surface area contributed by atoms with Crippen LogP contribution in [0.25, 0.3) is 0 Å². The van der Waals surface area contributed by atoms with Crippen LogP contribution in [-0.4, -0.2) is 16.2 Å². The van der Waals surface area contributed by atoms with Crippen LogP contribution >= 0.6 is 12.4 Å². The molecular formula is C8H20ClNO. The maximum Gasteiger partial charge on any atom is 0.0815 e. The van der Waals surface area contributed by atoms with Crippen LogP contribution in [0.5, 0.6) is 0 Å². The Kier molecular flexibility index (Phi) is 5.37. The van der Waals surface area contributed by atoms with Gasteiger partial charge in [0.1, 0.15) is 0 Å². The molecule has 0 aromatic rings. The van der Waals surface area contributed by atoms with Crippen molar-refractivity contribution in [1.82, 2.24) is 0 Å². The summed E-state index contributed by atoms with van der Waals surface area (Å²) in [6.45, 7) is 7.64. The van der Waals surface area contributed by atoms with E-state index in [0.29, 0.717) is 12.8 Å². The Morgan fingerprint density at radius 1 is 1.18 bits per heavy atom. The van der Waals surface area contributed by atoms with Gasteiger partial charge in [0.05, 0.1) is 5.60 Å². The Labute approximate surface area is 75.6 Å². The van der Waals surface area contributed by atoms with Crippen molar-refractivity contribution in [3.8, 4) is 0 Å². The van der Waals surface area contributed by atoms with Gasteiger partial charge in [-0.1, -0.05) is 13.8 Å². The van der Waals surface area contributed by atoms with Crippen LogP contribution in [0.1, 0.15) is 40.5 Å². The van der Waals surface area contributed by atoms with Crippen LogP contribution in [0.3, 0.4) is 0 Å². The Morgan fingerprint density at radius 3 is 1.45 bits per heavy atom. The van der Waals surface area contributed by atoms with Gasteiger partial charge >= 0.3 is 0 Å². The third kappa shape index (κ3) is 2.97. The quantitative estimate of drug-likeness (QED) is 0.696. The summed E-state index contributed by atoms with van der Waals surface area (Å²) in [5.41, 5.74) is 4.59. The Balaban J connectivity index is 0. The van der Waals surface area contributed by atoms with Crippen molar-refractivity contribution in [3.63, 3.8) is 0 Å². The van der Waals surface area contributed by atoms with E-state index in [1.807, 2.05) is 27.7 Å². The average molecular weight is 182 g/mol. The van der Waals surface area contributed by atoms with Crippen molar-refractivity contribution in [2.45, 2.75) is 51.7 Å². The first kappa shape index (κ1) is 13.8. The van der Waals surface area contributed by atoms with Gasteiger partial charge in [-0.25, -0.2) is 0 Å². The van der Waals surface area contributed by atoms with Crippen molar-refractivity contribution >= 4 is 12.4 Å². The van der Waals surface area contributed by atoms with Crippen LogP contribution in [0.15, 0.2) is 0 Å². The summed E-state index contributed by atoms with van der Waals surface area (Å²) >= 11 is 0. The zero-order chi connectivity index (χ0) is 8.41. The first-order valence-corrected chi connectivity index (χ1v) is 3.88. The predicted molar refractivity (Wildman–Crippen MR) is 51.0 cm³/mol. The third-order valence-electron chi connectivity index (χ3n) is 2.37. The van der Waals surface area contributed by atoms with E-state index in [2.05, 4.69) is 0 Å².